The quantitative estimate of drug-likeness (QED) is 0.805. The second-order valence-corrected chi connectivity index (χ2v) is 6.10. The molecule has 1 aromatic heterocycles. The molecular formula is C18H23N3O2. The topological polar surface area (TPSA) is 67.0 Å². The number of benzene rings is 1. The Balaban J connectivity index is 1.36. The van der Waals surface area contributed by atoms with E-state index in [1.165, 1.54) is 5.56 Å². The number of H-pyrrole nitrogens is 1. The van der Waals surface area contributed by atoms with Crippen molar-refractivity contribution in [2.45, 2.75) is 45.1 Å². The molecule has 1 amide bonds. The van der Waals surface area contributed by atoms with Gasteiger partial charge in [0.1, 0.15) is 5.75 Å². The van der Waals surface area contributed by atoms with Crippen molar-refractivity contribution in [2.24, 2.45) is 0 Å². The van der Waals surface area contributed by atoms with Gasteiger partial charge in [0, 0.05) is 24.6 Å². The fourth-order valence-corrected chi connectivity index (χ4v) is 2.96. The average Bonchev–Trinajstić information content (AvgIpc) is 3.01. The van der Waals surface area contributed by atoms with E-state index in [0.717, 1.165) is 42.7 Å². The number of aromatic nitrogens is 2. The summed E-state index contributed by atoms with van der Waals surface area (Å²) in [6.45, 7) is 2.59. The van der Waals surface area contributed by atoms with Crippen LogP contribution in [0.15, 0.2) is 30.5 Å². The molecule has 0 radical (unpaired) electrons. The van der Waals surface area contributed by atoms with E-state index in [2.05, 4.69) is 15.5 Å². The van der Waals surface area contributed by atoms with E-state index in [4.69, 9.17) is 4.74 Å². The minimum atomic E-state index is 0.103. The number of nitrogens with zero attached hydrogens (tertiary/aromatic N) is 1. The van der Waals surface area contributed by atoms with Crippen LogP contribution in [0.1, 0.15) is 36.1 Å². The SMILES string of the molecule is Cc1ccccc1OCCCC(=O)NC1CCc2cn[nH]c2C1. The van der Waals surface area contributed by atoms with Crippen LogP contribution in [0.5, 0.6) is 5.75 Å². The van der Waals surface area contributed by atoms with Crippen molar-refractivity contribution in [3.63, 3.8) is 0 Å². The van der Waals surface area contributed by atoms with Gasteiger partial charge in [-0.2, -0.15) is 5.10 Å². The minimum Gasteiger partial charge on any atom is -0.493 e. The summed E-state index contributed by atoms with van der Waals surface area (Å²) >= 11 is 0. The molecule has 2 N–H and O–H groups in total. The largest absolute Gasteiger partial charge is 0.493 e. The fourth-order valence-electron chi connectivity index (χ4n) is 2.96. The Morgan fingerprint density at radius 3 is 3.17 bits per heavy atom. The number of carbonyl (C=O) groups is 1. The van der Waals surface area contributed by atoms with Crippen LogP contribution in [-0.4, -0.2) is 28.8 Å². The zero-order valence-electron chi connectivity index (χ0n) is 13.5. The van der Waals surface area contributed by atoms with Crippen LogP contribution >= 0.6 is 0 Å². The van der Waals surface area contributed by atoms with E-state index >= 15 is 0 Å². The van der Waals surface area contributed by atoms with Crippen LogP contribution in [0.2, 0.25) is 0 Å². The third-order valence-corrected chi connectivity index (χ3v) is 4.28. The van der Waals surface area contributed by atoms with Gasteiger partial charge in [-0.25, -0.2) is 0 Å². The van der Waals surface area contributed by atoms with Gasteiger partial charge in [0.05, 0.1) is 12.8 Å². The molecule has 23 heavy (non-hydrogen) atoms. The first-order chi connectivity index (χ1) is 11.2. The van der Waals surface area contributed by atoms with Crippen molar-refractivity contribution < 1.29 is 9.53 Å². The molecule has 1 aromatic carbocycles. The highest BCUT2D eigenvalue weighted by atomic mass is 16.5. The Morgan fingerprint density at radius 1 is 1.43 bits per heavy atom. The van der Waals surface area contributed by atoms with Crippen molar-refractivity contribution >= 4 is 5.91 Å². The standard InChI is InChI=1S/C18H23N3O2/c1-13-5-2-3-6-17(13)23-10-4-7-18(22)20-15-9-8-14-12-19-21-16(14)11-15/h2-3,5-6,12,15H,4,7-11H2,1H3,(H,19,21)(H,20,22). The van der Waals surface area contributed by atoms with E-state index in [-0.39, 0.29) is 11.9 Å². The molecular weight excluding hydrogens is 290 g/mol. The Hall–Kier alpha value is -2.30. The van der Waals surface area contributed by atoms with Crippen molar-refractivity contribution in [3.8, 4) is 5.75 Å². The Morgan fingerprint density at radius 2 is 2.30 bits per heavy atom. The summed E-state index contributed by atoms with van der Waals surface area (Å²) in [7, 11) is 0. The maximum Gasteiger partial charge on any atom is 0.220 e. The lowest BCUT2D eigenvalue weighted by Crippen LogP contribution is -2.38. The van der Waals surface area contributed by atoms with E-state index < -0.39 is 0 Å². The molecule has 1 atom stereocenters. The van der Waals surface area contributed by atoms with Gasteiger partial charge in [-0.1, -0.05) is 18.2 Å². The molecule has 122 valence electrons. The number of hydrogen-bond acceptors (Lipinski definition) is 3. The Bertz CT molecular complexity index is 666. The van der Waals surface area contributed by atoms with Gasteiger partial charge in [0.2, 0.25) is 5.91 Å². The van der Waals surface area contributed by atoms with Crippen LogP contribution in [-0.2, 0) is 17.6 Å². The van der Waals surface area contributed by atoms with Gasteiger partial charge in [0.25, 0.3) is 0 Å². The average molecular weight is 313 g/mol. The molecule has 0 bridgehead atoms. The van der Waals surface area contributed by atoms with Crippen LogP contribution in [0.25, 0.3) is 0 Å². The molecule has 2 aromatic rings. The summed E-state index contributed by atoms with van der Waals surface area (Å²) in [5, 5.41) is 10.2. The number of rotatable bonds is 6. The first-order valence-corrected chi connectivity index (χ1v) is 8.21. The van der Waals surface area contributed by atoms with Crippen LogP contribution in [0.4, 0.5) is 0 Å². The normalized spacial score (nSPS) is 16.7. The number of carbonyl (C=O) groups excluding carboxylic acids is 1. The van der Waals surface area contributed by atoms with Crippen LogP contribution < -0.4 is 10.1 Å². The summed E-state index contributed by atoms with van der Waals surface area (Å²) in [5.74, 6) is 0.998. The molecule has 0 aliphatic heterocycles. The molecule has 1 aliphatic rings. The summed E-state index contributed by atoms with van der Waals surface area (Å²) in [5.41, 5.74) is 3.56. The molecule has 0 saturated heterocycles. The van der Waals surface area contributed by atoms with Gasteiger partial charge in [-0.3, -0.25) is 9.89 Å². The number of ether oxygens (including phenoxy) is 1. The highest BCUT2D eigenvalue weighted by molar-refractivity contribution is 5.76. The molecule has 0 fully saturated rings. The monoisotopic (exact) mass is 313 g/mol. The summed E-state index contributed by atoms with van der Waals surface area (Å²) < 4.78 is 5.72. The van der Waals surface area contributed by atoms with E-state index in [1.54, 1.807) is 0 Å². The highest BCUT2D eigenvalue weighted by Gasteiger charge is 2.21. The minimum absolute atomic E-state index is 0.103. The first-order valence-electron chi connectivity index (χ1n) is 8.21. The number of nitrogens with one attached hydrogen (secondary N) is 2. The Kier molecular flexibility index (Phi) is 4.95. The molecule has 1 unspecified atom stereocenters. The molecule has 5 nitrogen and oxygen atoms in total. The van der Waals surface area contributed by atoms with Crippen molar-refractivity contribution in [1.29, 1.82) is 0 Å². The van der Waals surface area contributed by atoms with Crippen molar-refractivity contribution in [2.75, 3.05) is 6.61 Å². The lowest BCUT2D eigenvalue weighted by atomic mass is 9.93. The van der Waals surface area contributed by atoms with E-state index in [9.17, 15) is 4.79 Å². The van der Waals surface area contributed by atoms with E-state index in [1.807, 2.05) is 37.4 Å². The first kappa shape index (κ1) is 15.6. The number of para-hydroxylation sites is 1. The number of amides is 1. The Labute approximate surface area is 136 Å². The third-order valence-electron chi connectivity index (χ3n) is 4.28. The summed E-state index contributed by atoms with van der Waals surface area (Å²) in [6.07, 6.45) is 5.92. The van der Waals surface area contributed by atoms with Crippen LogP contribution in [0, 0.1) is 6.92 Å². The number of fused-ring (bicyclic) bond motifs is 1. The van der Waals surface area contributed by atoms with Gasteiger partial charge >= 0.3 is 0 Å². The molecule has 0 saturated carbocycles. The molecule has 1 heterocycles. The predicted octanol–water partition coefficient (Wildman–Crippen LogP) is 2.55. The molecule has 0 spiro atoms. The molecule has 5 heteroatoms. The number of aromatic amines is 1. The number of aryl methyl sites for hydroxylation is 2. The van der Waals surface area contributed by atoms with Gasteiger partial charge in [0.15, 0.2) is 0 Å². The van der Waals surface area contributed by atoms with Crippen molar-refractivity contribution in [3.05, 3.63) is 47.3 Å². The lowest BCUT2D eigenvalue weighted by molar-refractivity contribution is -0.122. The van der Waals surface area contributed by atoms with Gasteiger partial charge < -0.3 is 10.1 Å². The number of hydrogen-bond donors (Lipinski definition) is 2. The predicted molar refractivity (Wildman–Crippen MR) is 88.5 cm³/mol. The summed E-state index contributed by atoms with van der Waals surface area (Å²) in [6, 6.07) is 8.15. The van der Waals surface area contributed by atoms with Crippen LogP contribution in [0.3, 0.4) is 0 Å². The lowest BCUT2D eigenvalue weighted by Gasteiger charge is -2.22. The van der Waals surface area contributed by atoms with Gasteiger partial charge in [-0.05, 0) is 43.4 Å². The zero-order chi connectivity index (χ0) is 16.1. The maximum atomic E-state index is 12.0. The summed E-state index contributed by atoms with van der Waals surface area (Å²) in [4.78, 5) is 12.0. The van der Waals surface area contributed by atoms with E-state index in [0.29, 0.717) is 13.0 Å². The molecule has 3 rings (SSSR count). The maximum absolute atomic E-state index is 12.0. The zero-order valence-corrected chi connectivity index (χ0v) is 13.5. The smallest absolute Gasteiger partial charge is 0.220 e. The third kappa shape index (κ3) is 4.12. The van der Waals surface area contributed by atoms with Gasteiger partial charge in [-0.15, -0.1) is 0 Å². The highest BCUT2D eigenvalue weighted by Crippen LogP contribution is 2.19. The van der Waals surface area contributed by atoms with Crippen molar-refractivity contribution in [1.82, 2.24) is 15.5 Å². The fraction of sp³-hybridized carbons (Fsp3) is 0.444. The molecule has 1 aliphatic carbocycles. The second kappa shape index (κ2) is 7.31. The second-order valence-electron chi connectivity index (χ2n) is 6.10.